The Bertz CT molecular complexity index is 899. The minimum absolute atomic E-state index is 0.104. The molecule has 0 bridgehead atoms. The molecule has 6 nitrogen and oxygen atoms in total. The predicted molar refractivity (Wildman–Crippen MR) is 108 cm³/mol. The summed E-state index contributed by atoms with van der Waals surface area (Å²) in [4.78, 5) is 12.1. The Balaban J connectivity index is 1.94. The third kappa shape index (κ3) is 5.94. The van der Waals surface area contributed by atoms with E-state index in [2.05, 4.69) is 48.5 Å². The number of halogens is 2. The van der Waals surface area contributed by atoms with Crippen LogP contribution in [-0.4, -0.2) is 27.5 Å². The van der Waals surface area contributed by atoms with Gasteiger partial charge in [-0.25, -0.2) is 13.1 Å². The molecule has 0 aliphatic rings. The Morgan fingerprint density at radius 3 is 2.46 bits per heavy atom. The molecule has 2 rings (SSSR count). The summed E-state index contributed by atoms with van der Waals surface area (Å²) in [5.74, 6) is 0.179. The van der Waals surface area contributed by atoms with Gasteiger partial charge in [-0.1, -0.05) is 22.0 Å². The van der Waals surface area contributed by atoms with Crippen LogP contribution in [0.5, 0.6) is 5.75 Å². The number of hydrogen-bond donors (Lipinski definition) is 2. The molecule has 0 atom stereocenters. The van der Waals surface area contributed by atoms with Gasteiger partial charge in [-0.3, -0.25) is 4.79 Å². The van der Waals surface area contributed by atoms with Crippen LogP contribution in [0.1, 0.15) is 0 Å². The number of rotatable bonds is 8. The number of benzene rings is 2. The molecule has 0 aliphatic heterocycles. The van der Waals surface area contributed by atoms with Crippen LogP contribution in [0, 0.1) is 0 Å². The summed E-state index contributed by atoms with van der Waals surface area (Å²) >= 11 is 6.69. The number of nitrogens with one attached hydrogen (secondary N) is 2. The number of sulfonamides is 1. The maximum atomic E-state index is 12.0. The Kier molecular flexibility index (Phi) is 7.39. The Morgan fingerprint density at radius 2 is 1.85 bits per heavy atom. The van der Waals surface area contributed by atoms with E-state index >= 15 is 0 Å². The fraction of sp³-hybridized carbons (Fsp3) is 0.118. The lowest BCUT2D eigenvalue weighted by Gasteiger charge is -2.10. The van der Waals surface area contributed by atoms with Gasteiger partial charge in [0, 0.05) is 16.7 Å². The summed E-state index contributed by atoms with van der Waals surface area (Å²) in [5.41, 5.74) is 0.469. The third-order valence-electron chi connectivity index (χ3n) is 3.12. The molecule has 0 saturated carbocycles. The molecule has 26 heavy (non-hydrogen) atoms. The van der Waals surface area contributed by atoms with Crippen LogP contribution in [0.3, 0.4) is 0 Å². The number of anilines is 1. The normalized spacial score (nSPS) is 11.0. The Labute approximate surface area is 168 Å². The van der Waals surface area contributed by atoms with E-state index in [4.69, 9.17) is 4.74 Å². The fourth-order valence-electron chi connectivity index (χ4n) is 1.90. The van der Waals surface area contributed by atoms with Crippen LogP contribution in [-0.2, 0) is 14.8 Å². The molecule has 9 heteroatoms. The van der Waals surface area contributed by atoms with Gasteiger partial charge in [-0.2, -0.15) is 0 Å². The minimum Gasteiger partial charge on any atom is -0.483 e. The first kappa shape index (κ1) is 20.6. The largest absolute Gasteiger partial charge is 0.483 e. The zero-order chi connectivity index (χ0) is 19.2. The average Bonchev–Trinajstić information content (AvgIpc) is 2.60. The lowest BCUT2D eigenvalue weighted by molar-refractivity contribution is -0.118. The van der Waals surface area contributed by atoms with Crippen LogP contribution >= 0.6 is 31.9 Å². The van der Waals surface area contributed by atoms with E-state index in [0.717, 1.165) is 8.95 Å². The Hall–Kier alpha value is -1.68. The highest BCUT2D eigenvalue weighted by atomic mass is 79.9. The number of carbonyl (C=O) groups is 1. The van der Waals surface area contributed by atoms with Crippen molar-refractivity contribution in [2.45, 2.75) is 4.90 Å². The van der Waals surface area contributed by atoms with Gasteiger partial charge in [0.05, 0.1) is 9.37 Å². The molecule has 2 aromatic carbocycles. The van der Waals surface area contributed by atoms with Crippen LogP contribution < -0.4 is 14.8 Å². The zero-order valence-electron chi connectivity index (χ0n) is 13.5. The van der Waals surface area contributed by atoms with Gasteiger partial charge in [0.1, 0.15) is 5.75 Å². The Morgan fingerprint density at radius 1 is 1.15 bits per heavy atom. The van der Waals surface area contributed by atoms with Crippen molar-refractivity contribution >= 4 is 53.5 Å². The molecule has 0 saturated heterocycles. The summed E-state index contributed by atoms with van der Waals surface area (Å²) < 4.78 is 33.4. The van der Waals surface area contributed by atoms with E-state index in [1.54, 1.807) is 12.1 Å². The van der Waals surface area contributed by atoms with E-state index in [0.29, 0.717) is 11.4 Å². The van der Waals surface area contributed by atoms with Gasteiger partial charge in [0.15, 0.2) is 6.61 Å². The second kappa shape index (κ2) is 9.31. The average molecular weight is 504 g/mol. The van der Waals surface area contributed by atoms with E-state index in [9.17, 15) is 13.2 Å². The summed E-state index contributed by atoms with van der Waals surface area (Å²) in [6, 6.07) is 11.2. The molecule has 0 unspecified atom stereocenters. The SMILES string of the molecule is C=CCNS(=O)(=O)c1ccc(NC(=O)COc2ccc(Br)cc2Br)cc1. The zero-order valence-corrected chi connectivity index (χ0v) is 17.5. The number of amides is 1. The fourth-order valence-corrected chi connectivity index (χ4v) is 4.06. The number of hydrogen-bond acceptors (Lipinski definition) is 4. The maximum absolute atomic E-state index is 12.0. The second-order valence-electron chi connectivity index (χ2n) is 5.08. The van der Waals surface area contributed by atoms with Gasteiger partial charge in [-0.05, 0) is 58.4 Å². The van der Waals surface area contributed by atoms with Crippen molar-refractivity contribution in [1.29, 1.82) is 0 Å². The summed E-state index contributed by atoms with van der Waals surface area (Å²) in [7, 11) is -3.59. The monoisotopic (exact) mass is 502 g/mol. The maximum Gasteiger partial charge on any atom is 0.262 e. The van der Waals surface area contributed by atoms with E-state index in [-0.39, 0.29) is 24.0 Å². The summed E-state index contributed by atoms with van der Waals surface area (Å²) in [6.45, 7) is 3.42. The van der Waals surface area contributed by atoms with Gasteiger partial charge >= 0.3 is 0 Å². The van der Waals surface area contributed by atoms with Crippen LogP contribution in [0.25, 0.3) is 0 Å². The van der Waals surface area contributed by atoms with Crippen molar-refractivity contribution in [2.75, 3.05) is 18.5 Å². The molecule has 0 heterocycles. The van der Waals surface area contributed by atoms with Crippen molar-refractivity contribution < 1.29 is 17.9 Å². The van der Waals surface area contributed by atoms with Crippen molar-refractivity contribution in [1.82, 2.24) is 4.72 Å². The van der Waals surface area contributed by atoms with Gasteiger partial charge in [-0.15, -0.1) is 6.58 Å². The van der Waals surface area contributed by atoms with Gasteiger partial charge < -0.3 is 10.1 Å². The summed E-state index contributed by atoms with van der Waals surface area (Å²) in [6.07, 6.45) is 1.45. The van der Waals surface area contributed by atoms with Crippen LogP contribution in [0.15, 0.2) is 69.0 Å². The van der Waals surface area contributed by atoms with Crippen molar-refractivity contribution in [3.05, 3.63) is 64.1 Å². The molecule has 0 spiro atoms. The topological polar surface area (TPSA) is 84.5 Å². The molecule has 2 aromatic rings. The molecular weight excluding hydrogens is 488 g/mol. The lowest BCUT2D eigenvalue weighted by Crippen LogP contribution is -2.23. The highest BCUT2D eigenvalue weighted by Crippen LogP contribution is 2.28. The molecule has 0 radical (unpaired) electrons. The third-order valence-corrected chi connectivity index (χ3v) is 5.67. The number of ether oxygens (including phenoxy) is 1. The molecule has 2 N–H and O–H groups in total. The first-order valence-electron chi connectivity index (χ1n) is 7.40. The summed E-state index contributed by atoms with van der Waals surface area (Å²) in [5, 5.41) is 2.64. The highest BCUT2D eigenvalue weighted by molar-refractivity contribution is 9.11. The van der Waals surface area contributed by atoms with Crippen LogP contribution in [0.4, 0.5) is 5.69 Å². The van der Waals surface area contributed by atoms with Crippen molar-refractivity contribution in [3.8, 4) is 5.75 Å². The highest BCUT2D eigenvalue weighted by Gasteiger charge is 2.13. The van der Waals surface area contributed by atoms with Crippen molar-refractivity contribution in [2.24, 2.45) is 0 Å². The van der Waals surface area contributed by atoms with E-state index < -0.39 is 10.0 Å². The van der Waals surface area contributed by atoms with E-state index in [1.807, 2.05) is 6.07 Å². The predicted octanol–water partition coefficient (Wildman–Crippen LogP) is 3.69. The van der Waals surface area contributed by atoms with Crippen LogP contribution in [0.2, 0.25) is 0 Å². The standard InChI is InChI=1S/C17H16Br2N2O4S/c1-2-9-20-26(23,24)14-6-4-13(5-7-14)21-17(22)11-25-16-8-3-12(18)10-15(16)19/h2-8,10,20H,1,9,11H2,(H,21,22). The molecule has 0 aliphatic carbocycles. The quantitative estimate of drug-likeness (QED) is 0.538. The van der Waals surface area contributed by atoms with Crippen molar-refractivity contribution in [3.63, 3.8) is 0 Å². The minimum atomic E-state index is -3.59. The molecule has 0 aromatic heterocycles. The first-order valence-corrected chi connectivity index (χ1v) is 10.5. The lowest BCUT2D eigenvalue weighted by atomic mass is 10.3. The van der Waals surface area contributed by atoms with Gasteiger partial charge in [0.2, 0.25) is 10.0 Å². The molecule has 0 fully saturated rings. The first-order chi connectivity index (χ1) is 12.3. The smallest absolute Gasteiger partial charge is 0.262 e. The van der Waals surface area contributed by atoms with E-state index in [1.165, 1.54) is 30.3 Å². The molecule has 138 valence electrons. The number of carbonyl (C=O) groups excluding carboxylic acids is 1. The van der Waals surface area contributed by atoms with Gasteiger partial charge in [0.25, 0.3) is 5.91 Å². The molecule has 1 amide bonds. The second-order valence-corrected chi connectivity index (χ2v) is 8.61. The molecular formula is C17H16Br2N2O4S.